The van der Waals surface area contributed by atoms with E-state index in [4.69, 9.17) is 4.74 Å². The zero-order valence-corrected chi connectivity index (χ0v) is 10.00. The Morgan fingerprint density at radius 3 is 2.81 bits per heavy atom. The van der Waals surface area contributed by atoms with Crippen molar-refractivity contribution in [1.29, 1.82) is 0 Å². The maximum absolute atomic E-state index is 11.2. The van der Waals surface area contributed by atoms with Crippen molar-refractivity contribution in [2.45, 2.75) is 32.1 Å². The highest BCUT2D eigenvalue weighted by atomic mass is 16.5. The van der Waals surface area contributed by atoms with Gasteiger partial charge in [-0.2, -0.15) is 0 Å². The minimum absolute atomic E-state index is 0.163. The number of methoxy groups -OCH3 is 1. The first-order chi connectivity index (χ1) is 7.83. The fourth-order valence-corrected chi connectivity index (χ4v) is 1.90. The maximum atomic E-state index is 11.2. The van der Waals surface area contributed by atoms with E-state index < -0.39 is 0 Å². The molecule has 92 valence electrons. The number of allylic oxidation sites excluding steroid dienone is 1. The minimum atomic E-state index is -0.163. The number of ether oxygens (including phenoxy) is 1. The van der Waals surface area contributed by atoms with Crippen LogP contribution in [-0.2, 0) is 4.74 Å². The summed E-state index contributed by atoms with van der Waals surface area (Å²) in [6.45, 7) is 1.08. The van der Waals surface area contributed by atoms with E-state index in [9.17, 15) is 4.79 Å². The summed E-state index contributed by atoms with van der Waals surface area (Å²) in [5, 5.41) is 5.40. The first-order valence-corrected chi connectivity index (χ1v) is 6.03. The van der Waals surface area contributed by atoms with Gasteiger partial charge < -0.3 is 15.4 Å². The van der Waals surface area contributed by atoms with E-state index in [-0.39, 0.29) is 6.03 Å². The summed E-state index contributed by atoms with van der Waals surface area (Å²) in [7, 11) is 1.61. The molecule has 1 aliphatic rings. The predicted molar refractivity (Wildman–Crippen MR) is 64.1 cm³/mol. The topological polar surface area (TPSA) is 50.4 Å². The van der Waals surface area contributed by atoms with E-state index in [0.717, 1.165) is 0 Å². The molecule has 16 heavy (non-hydrogen) atoms. The molecule has 0 unspecified atom stereocenters. The molecule has 1 rings (SSSR count). The normalized spacial score (nSPS) is 17.6. The van der Waals surface area contributed by atoms with Crippen LogP contribution in [0.3, 0.4) is 0 Å². The van der Waals surface area contributed by atoms with Gasteiger partial charge in [-0.1, -0.05) is 25.3 Å². The molecule has 0 radical (unpaired) electrons. The Hall–Kier alpha value is -1.03. The highest BCUT2D eigenvalue weighted by molar-refractivity contribution is 5.74. The van der Waals surface area contributed by atoms with E-state index >= 15 is 0 Å². The van der Waals surface area contributed by atoms with Gasteiger partial charge in [0.15, 0.2) is 0 Å². The van der Waals surface area contributed by atoms with Crippen LogP contribution in [0, 0.1) is 5.92 Å². The van der Waals surface area contributed by atoms with Gasteiger partial charge >= 0.3 is 6.03 Å². The van der Waals surface area contributed by atoms with Gasteiger partial charge in [0, 0.05) is 19.9 Å². The Kier molecular flexibility index (Phi) is 6.65. The Bertz CT molecular complexity index is 223. The zero-order valence-electron chi connectivity index (χ0n) is 10.00. The van der Waals surface area contributed by atoms with Crippen LogP contribution < -0.4 is 10.6 Å². The highest BCUT2D eigenvalue weighted by Crippen LogP contribution is 2.24. The molecule has 2 N–H and O–H groups in total. The molecule has 0 saturated heterocycles. The second kappa shape index (κ2) is 8.16. The minimum Gasteiger partial charge on any atom is -0.383 e. The quantitative estimate of drug-likeness (QED) is 0.705. The molecule has 2 amide bonds. The summed E-state index contributed by atoms with van der Waals surface area (Å²) in [6.07, 6.45) is 10.4. The van der Waals surface area contributed by atoms with Crippen molar-refractivity contribution in [2.75, 3.05) is 20.3 Å². The summed E-state index contributed by atoms with van der Waals surface area (Å²) in [4.78, 5) is 11.2. The molecule has 0 bridgehead atoms. The molecule has 1 saturated carbocycles. The zero-order chi connectivity index (χ0) is 11.6. The number of rotatable bonds is 5. The molecule has 1 fully saturated rings. The SMILES string of the molecule is COCCNC(=O)N/C=C/C1CCCCC1. The standard InChI is InChI=1S/C12H22N2O2/c1-16-10-9-14-12(15)13-8-7-11-5-3-2-4-6-11/h7-8,11H,2-6,9-10H2,1H3,(H2,13,14,15)/b8-7+. The van der Waals surface area contributed by atoms with Gasteiger partial charge in [-0.3, -0.25) is 0 Å². The monoisotopic (exact) mass is 226 g/mol. The van der Waals surface area contributed by atoms with Crippen molar-refractivity contribution < 1.29 is 9.53 Å². The summed E-state index contributed by atoms with van der Waals surface area (Å²) in [6, 6.07) is -0.163. The third-order valence-corrected chi connectivity index (χ3v) is 2.82. The van der Waals surface area contributed by atoms with E-state index in [1.165, 1.54) is 32.1 Å². The highest BCUT2D eigenvalue weighted by Gasteiger charge is 2.09. The van der Waals surface area contributed by atoms with Gasteiger partial charge in [0.2, 0.25) is 0 Å². The van der Waals surface area contributed by atoms with Gasteiger partial charge in [-0.25, -0.2) is 4.79 Å². The molecule has 0 atom stereocenters. The summed E-state index contributed by atoms with van der Waals surface area (Å²) in [5.74, 6) is 0.646. The van der Waals surface area contributed by atoms with Crippen LogP contribution in [0.1, 0.15) is 32.1 Å². The van der Waals surface area contributed by atoms with Crippen LogP contribution in [-0.4, -0.2) is 26.3 Å². The summed E-state index contributed by atoms with van der Waals surface area (Å²) < 4.78 is 4.83. The first kappa shape index (κ1) is 13.0. The number of urea groups is 1. The van der Waals surface area contributed by atoms with E-state index in [2.05, 4.69) is 16.7 Å². The molecule has 0 spiro atoms. The molecule has 0 aliphatic heterocycles. The summed E-state index contributed by atoms with van der Waals surface area (Å²) in [5.41, 5.74) is 0. The third-order valence-electron chi connectivity index (χ3n) is 2.82. The fraction of sp³-hybridized carbons (Fsp3) is 0.750. The van der Waals surface area contributed by atoms with Crippen LogP contribution in [0.5, 0.6) is 0 Å². The lowest BCUT2D eigenvalue weighted by Gasteiger charge is -2.17. The number of amides is 2. The van der Waals surface area contributed by atoms with Gasteiger partial charge in [0.1, 0.15) is 0 Å². The van der Waals surface area contributed by atoms with Gasteiger partial charge in [-0.15, -0.1) is 0 Å². The number of nitrogens with one attached hydrogen (secondary N) is 2. The van der Waals surface area contributed by atoms with Crippen LogP contribution in [0.15, 0.2) is 12.3 Å². The lowest BCUT2D eigenvalue weighted by Crippen LogP contribution is -2.34. The molecule has 4 nitrogen and oxygen atoms in total. The van der Waals surface area contributed by atoms with Crippen molar-refractivity contribution in [3.05, 3.63) is 12.3 Å². The van der Waals surface area contributed by atoms with Gasteiger partial charge in [-0.05, 0) is 18.8 Å². The Labute approximate surface area is 97.4 Å². The van der Waals surface area contributed by atoms with Crippen LogP contribution >= 0.6 is 0 Å². The Balaban J connectivity index is 2.07. The fourth-order valence-electron chi connectivity index (χ4n) is 1.90. The summed E-state index contributed by atoms with van der Waals surface area (Å²) >= 11 is 0. The molecule has 1 aliphatic carbocycles. The van der Waals surface area contributed by atoms with Crippen molar-refractivity contribution in [1.82, 2.24) is 10.6 Å². The molecule has 0 heterocycles. The predicted octanol–water partition coefficient (Wildman–Crippen LogP) is 2.03. The smallest absolute Gasteiger partial charge is 0.318 e. The van der Waals surface area contributed by atoms with Crippen molar-refractivity contribution in [2.24, 2.45) is 5.92 Å². The Morgan fingerprint density at radius 1 is 1.38 bits per heavy atom. The lowest BCUT2D eigenvalue weighted by atomic mass is 9.89. The molecule has 0 aromatic heterocycles. The molecule has 0 aromatic carbocycles. The van der Waals surface area contributed by atoms with Gasteiger partial charge in [0.25, 0.3) is 0 Å². The van der Waals surface area contributed by atoms with Crippen molar-refractivity contribution >= 4 is 6.03 Å². The van der Waals surface area contributed by atoms with Crippen LogP contribution in [0.2, 0.25) is 0 Å². The largest absolute Gasteiger partial charge is 0.383 e. The average Bonchev–Trinajstić information content (AvgIpc) is 2.31. The van der Waals surface area contributed by atoms with Crippen molar-refractivity contribution in [3.8, 4) is 0 Å². The van der Waals surface area contributed by atoms with E-state index in [1.807, 2.05) is 0 Å². The molecular formula is C12H22N2O2. The van der Waals surface area contributed by atoms with E-state index in [0.29, 0.717) is 19.1 Å². The van der Waals surface area contributed by atoms with Crippen LogP contribution in [0.25, 0.3) is 0 Å². The molecular weight excluding hydrogens is 204 g/mol. The Morgan fingerprint density at radius 2 is 2.12 bits per heavy atom. The first-order valence-electron chi connectivity index (χ1n) is 6.03. The number of hydrogen-bond donors (Lipinski definition) is 2. The van der Waals surface area contributed by atoms with E-state index in [1.54, 1.807) is 13.3 Å². The molecule has 4 heteroatoms. The lowest BCUT2D eigenvalue weighted by molar-refractivity contribution is 0.196. The second-order valence-corrected chi connectivity index (χ2v) is 4.15. The number of carbonyl (C=O) groups is 1. The third kappa shape index (κ3) is 5.75. The van der Waals surface area contributed by atoms with Gasteiger partial charge in [0.05, 0.1) is 6.61 Å². The number of carbonyl (C=O) groups excluding carboxylic acids is 1. The average molecular weight is 226 g/mol. The van der Waals surface area contributed by atoms with Crippen molar-refractivity contribution in [3.63, 3.8) is 0 Å². The second-order valence-electron chi connectivity index (χ2n) is 4.15. The van der Waals surface area contributed by atoms with Crippen LogP contribution in [0.4, 0.5) is 4.79 Å². The number of hydrogen-bond acceptors (Lipinski definition) is 2. The molecule has 0 aromatic rings. The maximum Gasteiger partial charge on any atom is 0.318 e.